The number of nitrogens with zero attached hydrogens (tertiary/aromatic N) is 1. The number of fused-ring (bicyclic) bond motifs is 3. The lowest BCUT2D eigenvalue weighted by Crippen LogP contribution is -2.49. The van der Waals surface area contributed by atoms with E-state index in [1.807, 2.05) is 0 Å². The molecule has 2 fully saturated rings. The third kappa shape index (κ3) is 1.27. The average molecular weight is 294 g/mol. The molecule has 1 saturated carbocycles. The van der Waals surface area contributed by atoms with E-state index in [0.717, 1.165) is 25.8 Å². The van der Waals surface area contributed by atoms with Crippen LogP contribution in [0.3, 0.4) is 0 Å². The minimum absolute atomic E-state index is 0.0531. The number of hydrogen-bond acceptors (Lipinski definition) is 1. The van der Waals surface area contributed by atoms with Crippen molar-refractivity contribution < 1.29 is 4.79 Å². The van der Waals surface area contributed by atoms with E-state index < -0.39 is 0 Å². The Morgan fingerprint density at radius 3 is 2.95 bits per heavy atom. The van der Waals surface area contributed by atoms with Crippen LogP contribution in [0.25, 0.3) is 10.9 Å². The largest absolute Gasteiger partial charge is 0.356 e. The highest BCUT2D eigenvalue weighted by Crippen LogP contribution is 2.60. The van der Waals surface area contributed by atoms with Crippen LogP contribution in [-0.2, 0) is 16.8 Å². The van der Waals surface area contributed by atoms with Gasteiger partial charge in [0.15, 0.2) is 0 Å². The standard InChI is InChI=1S/C19H22N2O/c1-11-10-19-15(12(11)2)9-17(22)21(19)8-7-14-13-5-3-4-6-16(13)20-18(14)19/h3-6,11-12,15,20H,7-10H2,1-2H3. The van der Waals surface area contributed by atoms with E-state index in [1.54, 1.807) is 0 Å². The van der Waals surface area contributed by atoms with Crippen LogP contribution in [0.1, 0.15) is 37.9 Å². The van der Waals surface area contributed by atoms with Gasteiger partial charge in [0, 0.05) is 29.6 Å². The second-order valence-electron chi connectivity index (χ2n) is 7.59. The first-order valence-electron chi connectivity index (χ1n) is 8.53. The Bertz CT molecular complexity index is 792. The second kappa shape index (κ2) is 3.95. The molecule has 3 heteroatoms. The Kier molecular flexibility index (Phi) is 2.29. The molecule has 4 unspecified atom stereocenters. The van der Waals surface area contributed by atoms with Crippen LogP contribution in [-0.4, -0.2) is 22.3 Å². The molecule has 1 aliphatic carbocycles. The van der Waals surface area contributed by atoms with Crippen molar-refractivity contribution in [1.82, 2.24) is 9.88 Å². The molecule has 4 atom stereocenters. The fourth-order valence-electron chi connectivity index (χ4n) is 5.65. The molecular formula is C19H22N2O. The first kappa shape index (κ1) is 12.7. The molecule has 1 saturated heterocycles. The first-order valence-corrected chi connectivity index (χ1v) is 8.53. The maximum Gasteiger partial charge on any atom is 0.223 e. The van der Waals surface area contributed by atoms with Crippen molar-refractivity contribution in [2.75, 3.05) is 6.54 Å². The normalized spacial score (nSPS) is 36.5. The van der Waals surface area contributed by atoms with Gasteiger partial charge >= 0.3 is 0 Å². The molecule has 0 bridgehead atoms. The third-order valence-electron chi connectivity index (χ3n) is 6.79. The fourth-order valence-corrected chi connectivity index (χ4v) is 5.65. The molecule has 3 nitrogen and oxygen atoms in total. The minimum Gasteiger partial charge on any atom is -0.356 e. The van der Waals surface area contributed by atoms with Crippen molar-refractivity contribution in [3.63, 3.8) is 0 Å². The summed E-state index contributed by atoms with van der Waals surface area (Å²) in [5.41, 5.74) is 4.00. The highest BCUT2D eigenvalue weighted by molar-refractivity contribution is 5.88. The van der Waals surface area contributed by atoms with Crippen LogP contribution in [0.15, 0.2) is 24.3 Å². The molecule has 2 aliphatic heterocycles. The Morgan fingerprint density at radius 1 is 1.27 bits per heavy atom. The van der Waals surface area contributed by atoms with Gasteiger partial charge in [-0.2, -0.15) is 0 Å². The van der Waals surface area contributed by atoms with Crippen LogP contribution in [0.4, 0.5) is 0 Å². The van der Waals surface area contributed by atoms with E-state index in [4.69, 9.17) is 0 Å². The summed E-state index contributed by atoms with van der Waals surface area (Å²) in [5.74, 6) is 2.14. The second-order valence-corrected chi connectivity index (χ2v) is 7.59. The van der Waals surface area contributed by atoms with E-state index >= 15 is 0 Å². The van der Waals surface area contributed by atoms with Gasteiger partial charge in [0.1, 0.15) is 0 Å². The number of H-pyrrole nitrogens is 1. The summed E-state index contributed by atoms with van der Waals surface area (Å²) in [7, 11) is 0. The Balaban J connectivity index is 1.81. The van der Waals surface area contributed by atoms with E-state index in [9.17, 15) is 4.79 Å². The zero-order chi connectivity index (χ0) is 15.1. The lowest BCUT2D eigenvalue weighted by molar-refractivity contribution is -0.132. The molecule has 3 aliphatic rings. The number of para-hydroxylation sites is 1. The molecule has 5 rings (SSSR count). The zero-order valence-corrected chi connectivity index (χ0v) is 13.2. The lowest BCUT2D eigenvalue weighted by Gasteiger charge is -2.43. The van der Waals surface area contributed by atoms with Crippen molar-refractivity contribution in [2.45, 2.75) is 38.6 Å². The van der Waals surface area contributed by atoms with Crippen LogP contribution in [0.5, 0.6) is 0 Å². The molecule has 1 aromatic carbocycles. The summed E-state index contributed by atoms with van der Waals surface area (Å²) in [6.45, 7) is 5.60. The summed E-state index contributed by atoms with van der Waals surface area (Å²) in [6, 6.07) is 8.61. The molecular weight excluding hydrogens is 272 g/mol. The number of rotatable bonds is 0. The van der Waals surface area contributed by atoms with Gasteiger partial charge in [0.2, 0.25) is 5.91 Å². The van der Waals surface area contributed by atoms with Gasteiger partial charge in [-0.1, -0.05) is 32.0 Å². The van der Waals surface area contributed by atoms with Gasteiger partial charge in [-0.3, -0.25) is 4.79 Å². The van der Waals surface area contributed by atoms with E-state index in [2.05, 4.69) is 48.0 Å². The number of aromatic amines is 1. The number of carbonyl (C=O) groups is 1. The van der Waals surface area contributed by atoms with Crippen LogP contribution in [0, 0.1) is 17.8 Å². The smallest absolute Gasteiger partial charge is 0.223 e. The predicted molar refractivity (Wildman–Crippen MR) is 86.4 cm³/mol. The highest BCUT2D eigenvalue weighted by Gasteiger charge is 2.63. The van der Waals surface area contributed by atoms with Gasteiger partial charge in [-0.15, -0.1) is 0 Å². The fraction of sp³-hybridized carbons (Fsp3) is 0.526. The molecule has 2 aromatic rings. The third-order valence-corrected chi connectivity index (χ3v) is 6.79. The first-order chi connectivity index (χ1) is 10.6. The summed E-state index contributed by atoms with van der Waals surface area (Å²) in [6.07, 6.45) is 2.84. The Hall–Kier alpha value is -1.77. The molecule has 1 N–H and O–H groups in total. The summed E-state index contributed by atoms with van der Waals surface area (Å²) >= 11 is 0. The monoisotopic (exact) mass is 294 g/mol. The van der Waals surface area contributed by atoms with Crippen molar-refractivity contribution >= 4 is 16.8 Å². The van der Waals surface area contributed by atoms with E-state index in [-0.39, 0.29) is 5.54 Å². The van der Waals surface area contributed by atoms with Crippen LogP contribution < -0.4 is 0 Å². The number of benzene rings is 1. The molecule has 1 spiro atoms. The van der Waals surface area contributed by atoms with Gasteiger partial charge < -0.3 is 9.88 Å². The zero-order valence-electron chi connectivity index (χ0n) is 13.2. The number of amides is 1. The minimum atomic E-state index is -0.0531. The average Bonchev–Trinajstić information content (AvgIpc) is 3.10. The molecule has 22 heavy (non-hydrogen) atoms. The Morgan fingerprint density at radius 2 is 2.09 bits per heavy atom. The topological polar surface area (TPSA) is 36.1 Å². The van der Waals surface area contributed by atoms with Crippen molar-refractivity contribution in [1.29, 1.82) is 0 Å². The molecule has 0 radical (unpaired) electrons. The number of nitrogens with one attached hydrogen (secondary N) is 1. The van der Waals surface area contributed by atoms with Gasteiger partial charge in [-0.25, -0.2) is 0 Å². The summed E-state index contributed by atoms with van der Waals surface area (Å²) < 4.78 is 0. The van der Waals surface area contributed by atoms with Crippen molar-refractivity contribution in [3.8, 4) is 0 Å². The number of aromatic nitrogens is 1. The number of carbonyl (C=O) groups excluding carboxylic acids is 1. The molecule has 1 aromatic heterocycles. The predicted octanol–water partition coefficient (Wildman–Crippen LogP) is 3.44. The SMILES string of the molecule is CC1CC23c4[nH]c5ccccc5c4CCN2C(=O)CC3C1C. The van der Waals surface area contributed by atoms with Crippen LogP contribution in [0.2, 0.25) is 0 Å². The molecule has 3 heterocycles. The maximum atomic E-state index is 12.6. The van der Waals surface area contributed by atoms with Crippen molar-refractivity contribution in [2.24, 2.45) is 17.8 Å². The summed E-state index contributed by atoms with van der Waals surface area (Å²) in [5, 5.41) is 1.36. The van der Waals surface area contributed by atoms with Crippen molar-refractivity contribution in [3.05, 3.63) is 35.5 Å². The highest BCUT2D eigenvalue weighted by atomic mass is 16.2. The lowest BCUT2D eigenvalue weighted by atomic mass is 9.78. The number of hydrogen-bond donors (Lipinski definition) is 1. The Labute approximate surface area is 130 Å². The van der Waals surface area contributed by atoms with E-state index in [0.29, 0.717) is 23.7 Å². The summed E-state index contributed by atoms with van der Waals surface area (Å²) in [4.78, 5) is 18.5. The quantitative estimate of drug-likeness (QED) is 0.794. The van der Waals surface area contributed by atoms with E-state index in [1.165, 1.54) is 22.2 Å². The van der Waals surface area contributed by atoms with Gasteiger partial charge in [-0.05, 0) is 42.2 Å². The molecule has 114 valence electrons. The maximum absolute atomic E-state index is 12.6. The molecule has 1 amide bonds. The van der Waals surface area contributed by atoms with Gasteiger partial charge in [0.25, 0.3) is 0 Å². The van der Waals surface area contributed by atoms with Crippen LogP contribution >= 0.6 is 0 Å². The van der Waals surface area contributed by atoms with Gasteiger partial charge in [0.05, 0.1) is 5.54 Å².